The maximum absolute atomic E-state index is 4.20. The van der Waals surface area contributed by atoms with Crippen LogP contribution in [-0.4, -0.2) is 18.1 Å². The van der Waals surface area contributed by atoms with Gasteiger partial charge in [0.1, 0.15) is 0 Å². The van der Waals surface area contributed by atoms with E-state index in [4.69, 9.17) is 0 Å². The molecule has 0 unspecified atom stereocenters. The average Bonchev–Trinajstić information content (AvgIpc) is 3.00. The van der Waals surface area contributed by atoms with Crippen LogP contribution in [0.25, 0.3) is 0 Å². The quantitative estimate of drug-likeness (QED) is 0.859. The second-order valence-corrected chi connectivity index (χ2v) is 5.08. The predicted molar refractivity (Wildman–Crippen MR) is 84.1 cm³/mol. The van der Waals surface area contributed by atoms with Gasteiger partial charge in [-0.05, 0) is 36.8 Å². The number of hydrogen-bond donors (Lipinski definition) is 1. The summed E-state index contributed by atoms with van der Waals surface area (Å²) in [6.07, 6.45) is 6.25. The standard InChI is InChI=1S/C17H19N3/c1-14-12-16(8-9-18-14)19-13-15-4-6-17(7-5-15)20-10-2-3-11-20/h2-9,12H,10-11,13H2,1H3,(H,18,19). The number of hydrogen-bond acceptors (Lipinski definition) is 3. The van der Waals surface area contributed by atoms with Gasteiger partial charge in [-0.2, -0.15) is 0 Å². The van der Waals surface area contributed by atoms with Gasteiger partial charge in [0.05, 0.1) is 0 Å². The molecule has 1 N–H and O–H groups in total. The molecule has 2 heterocycles. The van der Waals surface area contributed by atoms with Crippen molar-refractivity contribution in [1.29, 1.82) is 0 Å². The lowest BCUT2D eigenvalue weighted by atomic mass is 10.2. The first-order chi connectivity index (χ1) is 9.81. The molecule has 0 radical (unpaired) electrons. The molecule has 20 heavy (non-hydrogen) atoms. The number of aryl methyl sites for hydroxylation is 1. The summed E-state index contributed by atoms with van der Waals surface area (Å²) in [5.74, 6) is 0. The van der Waals surface area contributed by atoms with Crippen LogP contribution in [0.2, 0.25) is 0 Å². The second-order valence-electron chi connectivity index (χ2n) is 5.08. The van der Waals surface area contributed by atoms with Crippen molar-refractivity contribution >= 4 is 11.4 Å². The Morgan fingerprint density at radius 3 is 2.55 bits per heavy atom. The maximum atomic E-state index is 4.20. The van der Waals surface area contributed by atoms with Crippen molar-refractivity contribution in [1.82, 2.24) is 4.98 Å². The number of aromatic nitrogens is 1. The largest absolute Gasteiger partial charge is 0.381 e. The summed E-state index contributed by atoms with van der Waals surface area (Å²) < 4.78 is 0. The molecular formula is C17H19N3. The third-order valence-electron chi connectivity index (χ3n) is 3.51. The van der Waals surface area contributed by atoms with Gasteiger partial charge in [0.15, 0.2) is 0 Å². The van der Waals surface area contributed by atoms with Gasteiger partial charge in [-0.25, -0.2) is 0 Å². The van der Waals surface area contributed by atoms with Crippen LogP contribution in [0.15, 0.2) is 54.7 Å². The number of anilines is 2. The molecule has 1 aliphatic rings. The van der Waals surface area contributed by atoms with Gasteiger partial charge in [-0.1, -0.05) is 24.3 Å². The highest BCUT2D eigenvalue weighted by molar-refractivity contribution is 5.51. The first-order valence-corrected chi connectivity index (χ1v) is 6.97. The lowest BCUT2D eigenvalue weighted by Crippen LogP contribution is -2.18. The molecule has 0 atom stereocenters. The van der Waals surface area contributed by atoms with Crippen LogP contribution < -0.4 is 10.2 Å². The Morgan fingerprint density at radius 1 is 1.10 bits per heavy atom. The van der Waals surface area contributed by atoms with Gasteiger partial charge < -0.3 is 10.2 Å². The molecule has 0 spiro atoms. The molecule has 1 aliphatic heterocycles. The van der Waals surface area contributed by atoms with Gasteiger partial charge in [0, 0.05) is 42.9 Å². The average molecular weight is 265 g/mol. The minimum absolute atomic E-state index is 0.835. The van der Waals surface area contributed by atoms with Crippen molar-refractivity contribution in [2.45, 2.75) is 13.5 Å². The zero-order chi connectivity index (χ0) is 13.8. The second kappa shape index (κ2) is 5.78. The first kappa shape index (κ1) is 12.7. The van der Waals surface area contributed by atoms with E-state index >= 15 is 0 Å². The highest BCUT2D eigenvalue weighted by Gasteiger charge is 2.06. The summed E-state index contributed by atoms with van der Waals surface area (Å²) in [6, 6.07) is 12.8. The zero-order valence-corrected chi connectivity index (χ0v) is 11.7. The Balaban J connectivity index is 1.60. The molecule has 0 aliphatic carbocycles. The molecule has 1 aromatic heterocycles. The summed E-state index contributed by atoms with van der Waals surface area (Å²) in [5, 5.41) is 3.42. The van der Waals surface area contributed by atoms with Gasteiger partial charge in [0.2, 0.25) is 0 Å². The fourth-order valence-electron chi connectivity index (χ4n) is 2.37. The van der Waals surface area contributed by atoms with Gasteiger partial charge in [-0.3, -0.25) is 4.98 Å². The SMILES string of the molecule is Cc1cc(NCc2ccc(N3CC=CC3)cc2)ccn1. The molecule has 1 aromatic carbocycles. The monoisotopic (exact) mass is 265 g/mol. The van der Waals surface area contributed by atoms with E-state index in [1.54, 1.807) is 0 Å². The van der Waals surface area contributed by atoms with Crippen LogP contribution in [-0.2, 0) is 6.54 Å². The Bertz CT molecular complexity index is 594. The lowest BCUT2D eigenvalue weighted by Gasteiger charge is -2.18. The molecule has 0 bridgehead atoms. The predicted octanol–water partition coefficient (Wildman–Crippen LogP) is 3.38. The van der Waals surface area contributed by atoms with Crippen LogP contribution in [0.5, 0.6) is 0 Å². The maximum Gasteiger partial charge on any atom is 0.0400 e. The first-order valence-electron chi connectivity index (χ1n) is 6.97. The zero-order valence-electron chi connectivity index (χ0n) is 11.7. The van der Waals surface area contributed by atoms with Crippen LogP contribution >= 0.6 is 0 Å². The molecule has 0 saturated carbocycles. The summed E-state index contributed by atoms with van der Waals surface area (Å²) >= 11 is 0. The highest BCUT2D eigenvalue weighted by Crippen LogP contribution is 2.18. The van der Waals surface area contributed by atoms with Crippen molar-refractivity contribution in [3.8, 4) is 0 Å². The number of nitrogens with zero attached hydrogens (tertiary/aromatic N) is 2. The molecule has 102 valence electrons. The molecule has 2 aromatic rings. The van der Waals surface area contributed by atoms with E-state index in [9.17, 15) is 0 Å². The van der Waals surface area contributed by atoms with E-state index in [1.807, 2.05) is 19.2 Å². The summed E-state index contributed by atoms with van der Waals surface area (Å²) in [7, 11) is 0. The van der Waals surface area contributed by atoms with Crippen molar-refractivity contribution in [2.75, 3.05) is 23.3 Å². The van der Waals surface area contributed by atoms with E-state index in [0.29, 0.717) is 0 Å². The molecule has 3 nitrogen and oxygen atoms in total. The number of pyridine rings is 1. The van der Waals surface area contributed by atoms with Crippen molar-refractivity contribution in [3.63, 3.8) is 0 Å². The molecular weight excluding hydrogens is 246 g/mol. The summed E-state index contributed by atoms with van der Waals surface area (Å²) in [4.78, 5) is 6.55. The van der Waals surface area contributed by atoms with Crippen LogP contribution in [0.1, 0.15) is 11.3 Å². The normalized spacial score (nSPS) is 13.8. The Kier molecular flexibility index (Phi) is 3.68. The van der Waals surface area contributed by atoms with Crippen molar-refractivity contribution < 1.29 is 0 Å². The minimum atomic E-state index is 0.835. The molecule has 0 amide bonds. The van der Waals surface area contributed by atoms with Crippen molar-refractivity contribution in [3.05, 3.63) is 66.0 Å². The topological polar surface area (TPSA) is 28.2 Å². The number of nitrogens with one attached hydrogen (secondary N) is 1. The van der Waals surface area contributed by atoms with E-state index < -0.39 is 0 Å². The number of benzene rings is 1. The molecule has 0 fully saturated rings. The van der Waals surface area contributed by atoms with E-state index in [2.05, 4.69) is 57.7 Å². The Morgan fingerprint density at radius 2 is 1.85 bits per heavy atom. The molecule has 3 heteroatoms. The van der Waals surface area contributed by atoms with Crippen LogP contribution in [0.3, 0.4) is 0 Å². The molecule has 3 rings (SSSR count). The molecule has 0 saturated heterocycles. The van der Waals surface area contributed by atoms with Gasteiger partial charge in [0.25, 0.3) is 0 Å². The Labute approximate surface area is 120 Å². The van der Waals surface area contributed by atoms with Gasteiger partial charge in [-0.15, -0.1) is 0 Å². The third-order valence-corrected chi connectivity index (χ3v) is 3.51. The van der Waals surface area contributed by atoms with E-state index in [1.165, 1.54) is 11.3 Å². The van der Waals surface area contributed by atoms with Crippen LogP contribution in [0, 0.1) is 6.92 Å². The highest BCUT2D eigenvalue weighted by atomic mass is 15.1. The Hall–Kier alpha value is -2.29. The lowest BCUT2D eigenvalue weighted by molar-refractivity contribution is 1.00. The fourth-order valence-corrected chi connectivity index (χ4v) is 2.37. The van der Waals surface area contributed by atoms with Crippen molar-refractivity contribution in [2.24, 2.45) is 0 Å². The fraction of sp³-hybridized carbons (Fsp3) is 0.235. The van der Waals surface area contributed by atoms with E-state index in [0.717, 1.165) is 31.0 Å². The van der Waals surface area contributed by atoms with Crippen LogP contribution in [0.4, 0.5) is 11.4 Å². The van der Waals surface area contributed by atoms with E-state index in [-0.39, 0.29) is 0 Å². The minimum Gasteiger partial charge on any atom is -0.381 e. The number of rotatable bonds is 4. The summed E-state index contributed by atoms with van der Waals surface area (Å²) in [5.41, 5.74) is 4.73. The third kappa shape index (κ3) is 2.99. The van der Waals surface area contributed by atoms with Gasteiger partial charge >= 0.3 is 0 Å². The smallest absolute Gasteiger partial charge is 0.0400 e. The summed E-state index contributed by atoms with van der Waals surface area (Å²) in [6.45, 7) is 4.88.